The predicted octanol–water partition coefficient (Wildman–Crippen LogP) is -5.61. The minimum Gasteiger partial charge on any atom is -0.480 e. The summed E-state index contributed by atoms with van der Waals surface area (Å²) in [5, 5.41) is 26.9. The number of carboxylic acids is 1. The van der Waals surface area contributed by atoms with Gasteiger partial charge in [-0.1, -0.05) is 0 Å². The maximum Gasteiger partial charge on any atom is 0.326 e. The van der Waals surface area contributed by atoms with Crippen LogP contribution in [0.4, 0.5) is 0 Å². The van der Waals surface area contributed by atoms with E-state index in [1.807, 2.05) is 0 Å². The Balaban J connectivity index is 5.52. The van der Waals surface area contributed by atoms with Gasteiger partial charge in [0.2, 0.25) is 17.7 Å². The third kappa shape index (κ3) is 17.0. The van der Waals surface area contributed by atoms with E-state index in [1.165, 1.54) is 6.92 Å². The van der Waals surface area contributed by atoms with Gasteiger partial charge in [0.25, 0.3) is 0 Å². The highest BCUT2D eigenvalue weighted by molar-refractivity contribution is 5.94. The number of aliphatic hydroxyl groups excluding tert-OH is 1. The first-order chi connectivity index (χ1) is 19.1. The second-order valence-corrected chi connectivity index (χ2v) is 9.14. The maximum atomic E-state index is 13.1. The lowest BCUT2D eigenvalue weighted by molar-refractivity contribution is -0.142. The van der Waals surface area contributed by atoms with E-state index in [1.54, 1.807) is 0 Å². The Bertz CT molecular complexity index is 944. The molecule has 0 aliphatic heterocycles. The zero-order valence-corrected chi connectivity index (χ0v) is 23.2. The third-order valence-corrected chi connectivity index (χ3v) is 5.51. The summed E-state index contributed by atoms with van der Waals surface area (Å²) < 4.78 is 0. The first-order valence-corrected chi connectivity index (χ1v) is 12.9. The number of aliphatic imine (C=N–C) groups is 3. The molecule has 234 valence electrons. The zero-order valence-electron chi connectivity index (χ0n) is 23.2. The number of nitrogens with one attached hydrogen (secondary N) is 3. The van der Waals surface area contributed by atoms with E-state index in [0.717, 1.165) is 0 Å². The minimum atomic E-state index is -1.48. The van der Waals surface area contributed by atoms with E-state index in [-0.39, 0.29) is 69.6 Å². The summed E-state index contributed by atoms with van der Waals surface area (Å²) >= 11 is 0. The number of nitrogens with two attached hydrogens (primary N) is 7. The molecule has 19 heteroatoms. The van der Waals surface area contributed by atoms with E-state index in [0.29, 0.717) is 6.42 Å². The standard InChI is InChI=1S/C22H45N13O6/c1-11(36)15(35-16(37)12(23)5-2-8-30-20(24)25)18(39)33-13(6-3-9-31-21(26)27)17(38)34-14(19(40)41)7-4-10-32-22(28)29/h11-15,36H,2-10,23H2,1H3,(H,33,39)(H,34,38)(H,35,37)(H,40,41)(H4,24,25,30)(H4,26,27,31)(H4,28,29,32). The summed E-state index contributed by atoms with van der Waals surface area (Å²) in [4.78, 5) is 61.7. The number of guanidine groups is 3. The second kappa shape index (κ2) is 19.6. The second-order valence-electron chi connectivity index (χ2n) is 9.14. The highest BCUT2D eigenvalue weighted by Gasteiger charge is 2.32. The molecule has 0 aromatic carbocycles. The lowest BCUT2D eigenvalue weighted by atomic mass is 10.1. The Labute approximate surface area is 237 Å². The van der Waals surface area contributed by atoms with Crippen molar-refractivity contribution in [1.29, 1.82) is 0 Å². The van der Waals surface area contributed by atoms with Gasteiger partial charge in [0, 0.05) is 19.6 Å². The lowest BCUT2D eigenvalue weighted by Gasteiger charge is -2.26. The molecule has 3 amide bonds. The molecule has 0 rings (SSSR count). The van der Waals surface area contributed by atoms with Gasteiger partial charge in [-0.15, -0.1) is 0 Å². The van der Waals surface area contributed by atoms with Gasteiger partial charge in [-0.3, -0.25) is 29.4 Å². The maximum absolute atomic E-state index is 13.1. The number of amides is 3. The topological polar surface area (TPSA) is 364 Å². The number of carbonyl (C=O) groups is 4. The largest absolute Gasteiger partial charge is 0.480 e. The minimum absolute atomic E-state index is 0.0000502. The highest BCUT2D eigenvalue weighted by atomic mass is 16.4. The number of aliphatic hydroxyl groups is 1. The molecule has 0 aromatic rings. The Morgan fingerprint density at radius 1 is 0.659 bits per heavy atom. The van der Waals surface area contributed by atoms with Crippen molar-refractivity contribution < 1.29 is 29.4 Å². The molecule has 19 N–H and O–H groups in total. The number of hydrogen-bond acceptors (Lipinski definition) is 9. The fraction of sp³-hybridized carbons (Fsp3) is 0.682. The number of carbonyl (C=O) groups excluding carboxylic acids is 3. The molecule has 0 radical (unpaired) electrons. The van der Waals surface area contributed by atoms with E-state index >= 15 is 0 Å². The fourth-order valence-corrected chi connectivity index (χ4v) is 3.38. The van der Waals surface area contributed by atoms with E-state index in [2.05, 4.69) is 30.9 Å². The van der Waals surface area contributed by atoms with E-state index < -0.39 is 54.0 Å². The van der Waals surface area contributed by atoms with Crippen molar-refractivity contribution in [3.8, 4) is 0 Å². The molecule has 41 heavy (non-hydrogen) atoms. The van der Waals surface area contributed by atoms with Crippen LogP contribution in [-0.2, 0) is 19.2 Å². The van der Waals surface area contributed by atoms with Crippen LogP contribution >= 0.6 is 0 Å². The van der Waals surface area contributed by atoms with E-state index in [9.17, 15) is 29.4 Å². The van der Waals surface area contributed by atoms with Crippen molar-refractivity contribution in [2.24, 2.45) is 55.1 Å². The van der Waals surface area contributed by atoms with Gasteiger partial charge in [0.1, 0.15) is 18.1 Å². The molecule has 0 fully saturated rings. The quantitative estimate of drug-likeness (QED) is 0.0359. The van der Waals surface area contributed by atoms with Crippen LogP contribution in [0.2, 0.25) is 0 Å². The Morgan fingerprint density at radius 3 is 1.49 bits per heavy atom. The van der Waals surface area contributed by atoms with Crippen molar-refractivity contribution in [2.45, 2.75) is 75.7 Å². The molecule has 0 heterocycles. The summed E-state index contributed by atoms with van der Waals surface area (Å²) in [6.07, 6.45) is -0.331. The Kier molecular flexibility index (Phi) is 17.5. The van der Waals surface area contributed by atoms with Crippen molar-refractivity contribution in [2.75, 3.05) is 19.6 Å². The fourth-order valence-electron chi connectivity index (χ4n) is 3.38. The SMILES string of the molecule is CC(O)C(NC(=O)C(N)CCCN=C(N)N)C(=O)NC(CCCN=C(N)N)C(=O)NC(CCCN=C(N)N)C(=O)O. The Morgan fingerprint density at radius 2 is 1.07 bits per heavy atom. The predicted molar refractivity (Wildman–Crippen MR) is 153 cm³/mol. The average Bonchev–Trinajstić information content (AvgIpc) is 2.87. The van der Waals surface area contributed by atoms with Crippen LogP contribution in [0.25, 0.3) is 0 Å². The van der Waals surface area contributed by atoms with Crippen LogP contribution < -0.4 is 56.1 Å². The number of hydrogen-bond donors (Lipinski definition) is 12. The van der Waals surface area contributed by atoms with Gasteiger partial charge in [-0.2, -0.15) is 0 Å². The van der Waals surface area contributed by atoms with Crippen molar-refractivity contribution in [1.82, 2.24) is 16.0 Å². The lowest BCUT2D eigenvalue weighted by Crippen LogP contribution is -2.59. The first kappa shape index (κ1) is 36.6. The van der Waals surface area contributed by atoms with Crippen LogP contribution in [-0.4, -0.2) is 102 Å². The summed E-state index contributed by atoms with van der Waals surface area (Å²) in [6.45, 7) is 1.77. The molecule has 19 nitrogen and oxygen atoms in total. The molecule has 0 bridgehead atoms. The number of rotatable bonds is 20. The molecular weight excluding hydrogens is 542 g/mol. The highest BCUT2D eigenvalue weighted by Crippen LogP contribution is 2.06. The summed E-state index contributed by atoms with van der Waals surface area (Å²) in [6, 6.07) is -5.08. The third-order valence-electron chi connectivity index (χ3n) is 5.51. The van der Waals surface area contributed by atoms with Crippen LogP contribution in [0.3, 0.4) is 0 Å². The van der Waals surface area contributed by atoms with Crippen LogP contribution in [0.15, 0.2) is 15.0 Å². The van der Waals surface area contributed by atoms with E-state index in [4.69, 9.17) is 40.1 Å². The van der Waals surface area contributed by atoms with Crippen molar-refractivity contribution >= 4 is 41.6 Å². The van der Waals surface area contributed by atoms with Gasteiger partial charge < -0.3 is 66.3 Å². The molecule has 0 saturated heterocycles. The number of carboxylic acid groups (broad SMARTS) is 1. The molecule has 0 saturated carbocycles. The molecule has 0 spiro atoms. The van der Waals surface area contributed by atoms with Gasteiger partial charge in [0.15, 0.2) is 17.9 Å². The van der Waals surface area contributed by atoms with Crippen LogP contribution in [0.5, 0.6) is 0 Å². The van der Waals surface area contributed by atoms with Crippen LogP contribution in [0.1, 0.15) is 45.4 Å². The molecular formula is C22H45N13O6. The van der Waals surface area contributed by atoms with Gasteiger partial charge in [-0.25, -0.2) is 4.79 Å². The molecule has 0 aliphatic carbocycles. The summed E-state index contributed by atoms with van der Waals surface area (Å²) in [5.74, 6) is -4.18. The number of nitrogens with zero attached hydrogens (tertiary/aromatic N) is 3. The summed E-state index contributed by atoms with van der Waals surface area (Å²) in [7, 11) is 0. The smallest absolute Gasteiger partial charge is 0.326 e. The molecule has 0 aromatic heterocycles. The first-order valence-electron chi connectivity index (χ1n) is 12.9. The zero-order chi connectivity index (χ0) is 31.5. The number of aliphatic carboxylic acids is 1. The van der Waals surface area contributed by atoms with Gasteiger partial charge >= 0.3 is 5.97 Å². The average molecular weight is 588 g/mol. The van der Waals surface area contributed by atoms with Crippen molar-refractivity contribution in [3.05, 3.63) is 0 Å². The van der Waals surface area contributed by atoms with Crippen LogP contribution in [0, 0.1) is 0 Å². The normalized spacial score (nSPS) is 14.2. The van der Waals surface area contributed by atoms with Crippen molar-refractivity contribution in [3.63, 3.8) is 0 Å². The van der Waals surface area contributed by atoms with Gasteiger partial charge in [0.05, 0.1) is 12.1 Å². The van der Waals surface area contributed by atoms with Gasteiger partial charge in [-0.05, 0) is 45.4 Å². The summed E-state index contributed by atoms with van der Waals surface area (Å²) in [5.41, 5.74) is 37.5. The molecule has 5 unspecified atom stereocenters. The monoisotopic (exact) mass is 587 g/mol. The Hall–Kier alpha value is -4.39. The molecule has 0 aliphatic rings. The molecule has 5 atom stereocenters.